The Bertz CT molecular complexity index is 3470. The van der Waals surface area contributed by atoms with Gasteiger partial charge in [-0.25, -0.2) is 9.18 Å². The number of likely N-dealkylation sites (tertiary alicyclic amines) is 1. The molecule has 0 saturated carbocycles. The number of carbonyl (C=O) groups is 9. The number of alkyl carbamates (subject to hydrolysis) is 1. The molecule has 11 N–H and O–H groups in total. The molecule has 2 saturated heterocycles. The summed E-state index contributed by atoms with van der Waals surface area (Å²) in [4.78, 5) is 141. The summed E-state index contributed by atoms with van der Waals surface area (Å²) in [5.74, 6) is -6.12. The maximum absolute atomic E-state index is 16.1. The predicted molar refractivity (Wildman–Crippen MR) is 349 cm³/mol. The van der Waals surface area contributed by atoms with Crippen molar-refractivity contribution in [1.82, 2.24) is 67.7 Å². The van der Waals surface area contributed by atoms with E-state index in [9.17, 15) is 24.3 Å². The molecule has 28 nitrogen and oxygen atoms in total. The van der Waals surface area contributed by atoms with E-state index >= 15 is 28.4 Å². The van der Waals surface area contributed by atoms with Crippen molar-refractivity contribution in [1.29, 1.82) is 0 Å². The Kier molecular flexibility index (Phi) is 24.3. The first kappa shape index (κ1) is 73.5. The summed E-state index contributed by atoms with van der Waals surface area (Å²) in [6.07, 6.45) is -3.67. The Labute approximate surface area is 558 Å². The van der Waals surface area contributed by atoms with Crippen molar-refractivity contribution in [2.45, 2.75) is 198 Å². The summed E-state index contributed by atoms with van der Waals surface area (Å²) in [6.45, 7) is 15.5. The van der Waals surface area contributed by atoms with Crippen LogP contribution in [0.2, 0.25) is 0 Å². The summed E-state index contributed by atoms with van der Waals surface area (Å²) in [7, 11) is 2.98. The standard InChI is InChI=1S/C67H94FN13O15/c1-37-56(83)76-50(33-71-64(91)96-66(7,8)9)58(85)73-47-29-41-15-13-16-42(27-41)32-70-53(82)35-93-52-23-26-79(61(88)49(74-57(47)84)30-43-34-80(39(3)78-94-36-72-37)51-22-19-44(68)31-46(43)51)55(52)60(87)77-54(38(2)95-65(4,5)6)59(86)75-48(28-40-17-20-45(92-12)21-18-40)62(89)81-25-14-24-67(81,10)63(90)69-11/h13,15-22,27,31,34,37-39,47-50,52,54-56,72,76,78,83H,14,23-26,28-30,32-33,35-36H2,1-12H3,(H,69,90)(H,70,82)(H,71,91)(H,73,85)(H,74,84)(H,75,86)(H,77,87)/t37-,38+,39?,47-,48-,49-,50+,52-,54-,55-,56?,67-/m0/s1. The molecule has 96 heavy (non-hydrogen) atoms. The van der Waals surface area contributed by atoms with Gasteiger partial charge in [0.2, 0.25) is 47.3 Å². The molecule has 5 heterocycles. The van der Waals surface area contributed by atoms with Gasteiger partial charge < -0.3 is 75.6 Å². The van der Waals surface area contributed by atoms with E-state index in [1.807, 2.05) is 0 Å². The van der Waals surface area contributed by atoms with Crippen LogP contribution in [0.1, 0.15) is 117 Å². The molecule has 2 unspecified atom stereocenters. The fourth-order valence-electron chi connectivity index (χ4n) is 12.5. The third kappa shape index (κ3) is 18.8. The van der Waals surface area contributed by atoms with E-state index in [4.69, 9.17) is 23.8 Å². The number of carbonyl (C=O) groups excluding carboxylic acids is 9. The highest BCUT2D eigenvalue weighted by atomic mass is 19.1. The van der Waals surface area contributed by atoms with Crippen molar-refractivity contribution in [3.63, 3.8) is 0 Å². The van der Waals surface area contributed by atoms with E-state index in [1.54, 1.807) is 129 Å². The molecular weight excluding hydrogens is 1250 g/mol. The van der Waals surface area contributed by atoms with E-state index in [0.29, 0.717) is 51.7 Å². The molecule has 8 bridgehead atoms. The number of amides is 9. The van der Waals surface area contributed by atoms with Gasteiger partial charge in [0.25, 0.3) is 0 Å². The average Bonchev–Trinajstić information content (AvgIpc) is 1.61. The molecule has 4 aromatic rings. The van der Waals surface area contributed by atoms with Gasteiger partial charge in [0, 0.05) is 75.6 Å². The van der Waals surface area contributed by atoms with Crippen LogP contribution in [0, 0.1) is 5.82 Å². The van der Waals surface area contributed by atoms with Gasteiger partial charge >= 0.3 is 6.09 Å². The van der Waals surface area contributed by atoms with Gasteiger partial charge in [-0.2, -0.15) is 5.48 Å². The number of aliphatic hydroxyl groups is 1. The van der Waals surface area contributed by atoms with E-state index in [2.05, 4.69) is 53.3 Å². The molecule has 0 aliphatic carbocycles. The van der Waals surface area contributed by atoms with Crippen molar-refractivity contribution in [2.75, 3.05) is 47.1 Å². The third-order valence-corrected chi connectivity index (χ3v) is 17.4. The number of halogens is 1. The third-order valence-electron chi connectivity index (χ3n) is 17.4. The maximum Gasteiger partial charge on any atom is 0.407 e. The second-order valence-corrected chi connectivity index (χ2v) is 27.1. The molecule has 1 aromatic heterocycles. The van der Waals surface area contributed by atoms with E-state index in [-0.39, 0.29) is 52.0 Å². The normalized spacial score (nSPS) is 25.3. The fourth-order valence-corrected chi connectivity index (χ4v) is 12.5. The molecule has 0 spiro atoms. The van der Waals surface area contributed by atoms with Gasteiger partial charge in [-0.05, 0) is 141 Å². The Morgan fingerprint density at radius 1 is 0.885 bits per heavy atom. The van der Waals surface area contributed by atoms with Crippen LogP contribution in [0.4, 0.5) is 9.18 Å². The molecule has 524 valence electrons. The first-order valence-corrected chi connectivity index (χ1v) is 32.5. The Morgan fingerprint density at radius 3 is 2.30 bits per heavy atom. The number of nitrogens with one attached hydrogen (secondary N) is 10. The van der Waals surface area contributed by atoms with Crippen LogP contribution in [-0.2, 0) is 83.2 Å². The van der Waals surface area contributed by atoms with E-state index in [1.165, 1.54) is 42.2 Å². The number of fused-ring (bicyclic) bond motifs is 12. The number of methoxy groups -OCH3 is 1. The quantitative estimate of drug-likeness (QED) is 0.0903. The van der Waals surface area contributed by atoms with Gasteiger partial charge in [-0.1, -0.05) is 36.4 Å². The zero-order chi connectivity index (χ0) is 70.0. The maximum atomic E-state index is 16.1. The van der Waals surface area contributed by atoms with E-state index < -0.39 is 156 Å². The van der Waals surface area contributed by atoms with Crippen LogP contribution in [0.25, 0.3) is 10.9 Å². The monoisotopic (exact) mass is 1340 g/mol. The smallest absolute Gasteiger partial charge is 0.407 e. The number of aliphatic hydroxyl groups excluding tert-OH is 1. The lowest BCUT2D eigenvalue weighted by Crippen LogP contribution is -2.64. The Morgan fingerprint density at radius 2 is 1.60 bits per heavy atom. The summed E-state index contributed by atoms with van der Waals surface area (Å²) in [6, 6.07) is 7.74. The molecule has 12 atom stereocenters. The Hall–Kier alpha value is -8.32. The summed E-state index contributed by atoms with van der Waals surface area (Å²) in [5, 5.41) is 37.3. The van der Waals surface area contributed by atoms with Gasteiger partial charge in [0.15, 0.2) is 0 Å². The number of hydroxylamine groups is 1. The number of aromatic nitrogens is 1. The Balaban J connectivity index is 1.22. The number of likely N-dealkylation sites (N-methyl/N-ethyl adjacent to an activating group) is 1. The minimum Gasteiger partial charge on any atom is -0.497 e. The van der Waals surface area contributed by atoms with Gasteiger partial charge in [-0.3, -0.25) is 53.8 Å². The zero-order valence-electron chi connectivity index (χ0n) is 56.6. The first-order valence-electron chi connectivity index (χ1n) is 32.5. The molecule has 8 rings (SSSR count). The predicted octanol–water partition coefficient (Wildman–Crippen LogP) is 1.49. The SMILES string of the molecule is CNC(=O)[C@]1(C)CCCN1C(=O)[C@H](Cc1ccc(OC)cc1)NC(=O)[C@@H](NC(=O)[C@@H]1[C@@H]2CCN1C(=O)[C@@H]1Cc3cn(c4ccc(F)cc34)C(C)NOCN[C@@H](C)C(O)N[C@H](CNC(=O)OC(C)(C)C)C(=O)N[C@@H](Cc3cccc(c3)CNC(=O)CO2)C(=O)N1)[C@@H](C)OC(C)(C)C. The molecule has 9 amide bonds. The van der Waals surface area contributed by atoms with Gasteiger partial charge in [0.1, 0.15) is 84.7 Å². The highest BCUT2D eigenvalue weighted by Crippen LogP contribution is 2.32. The number of hydrogen-bond donors (Lipinski definition) is 11. The van der Waals surface area contributed by atoms with Crippen LogP contribution in [-0.4, -0.2) is 197 Å². The number of rotatable bonds is 13. The second-order valence-electron chi connectivity index (χ2n) is 27.1. The van der Waals surface area contributed by atoms with Crippen LogP contribution >= 0.6 is 0 Å². The van der Waals surface area contributed by atoms with Gasteiger partial charge in [0.05, 0.1) is 24.9 Å². The number of hydrogen-bond acceptors (Lipinski definition) is 18. The van der Waals surface area contributed by atoms with Crippen molar-refractivity contribution in [3.8, 4) is 5.75 Å². The number of ether oxygens (including phenoxy) is 4. The molecule has 2 fully saturated rings. The average molecular weight is 1340 g/mol. The lowest BCUT2D eigenvalue weighted by Gasteiger charge is -2.37. The minimum atomic E-state index is -1.65. The zero-order valence-corrected chi connectivity index (χ0v) is 56.6. The topological polar surface area (TPSA) is 352 Å². The summed E-state index contributed by atoms with van der Waals surface area (Å²) in [5.41, 5.74) is 2.33. The van der Waals surface area contributed by atoms with Crippen LogP contribution in [0.5, 0.6) is 5.75 Å². The number of benzene rings is 3. The van der Waals surface area contributed by atoms with Crippen molar-refractivity contribution >= 4 is 64.3 Å². The summed E-state index contributed by atoms with van der Waals surface area (Å²) >= 11 is 0. The van der Waals surface area contributed by atoms with Crippen LogP contribution in [0.15, 0.2) is 72.9 Å². The van der Waals surface area contributed by atoms with Crippen molar-refractivity contribution in [3.05, 3.63) is 101 Å². The highest BCUT2D eigenvalue weighted by molar-refractivity contribution is 5.99. The minimum absolute atomic E-state index is 0.0342. The first-order chi connectivity index (χ1) is 45.3. The summed E-state index contributed by atoms with van der Waals surface area (Å²) < 4.78 is 40.9. The largest absolute Gasteiger partial charge is 0.497 e. The van der Waals surface area contributed by atoms with Gasteiger partial charge in [-0.15, -0.1) is 0 Å². The van der Waals surface area contributed by atoms with E-state index in [0.717, 1.165) is 0 Å². The molecular formula is C67H94FN13O15. The van der Waals surface area contributed by atoms with Crippen molar-refractivity contribution < 1.29 is 76.4 Å². The number of nitrogens with zero attached hydrogens (tertiary/aromatic N) is 3. The second kappa shape index (κ2) is 31.7. The highest BCUT2D eigenvalue weighted by Gasteiger charge is 2.50. The molecule has 29 heteroatoms. The molecule has 4 aliphatic rings. The lowest BCUT2D eigenvalue weighted by atomic mass is 9.95. The molecule has 0 radical (unpaired) electrons. The van der Waals surface area contributed by atoms with Crippen LogP contribution in [0.3, 0.4) is 0 Å². The fraction of sp³-hybridized carbons (Fsp3) is 0.567. The lowest BCUT2D eigenvalue weighted by molar-refractivity contribution is -0.149. The van der Waals surface area contributed by atoms with Crippen molar-refractivity contribution in [2.24, 2.45) is 0 Å². The molecule has 4 aliphatic heterocycles. The van der Waals surface area contributed by atoms with Crippen LogP contribution < -0.4 is 58.1 Å². The molecule has 3 aromatic carbocycles.